The van der Waals surface area contributed by atoms with Gasteiger partial charge in [-0.3, -0.25) is 4.79 Å². The Morgan fingerprint density at radius 1 is 1.27 bits per heavy atom. The van der Waals surface area contributed by atoms with Crippen LogP contribution >= 0.6 is 11.6 Å². The van der Waals surface area contributed by atoms with Crippen LogP contribution < -0.4 is 15.0 Å². The van der Waals surface area contributed by atoms with Gasteiger partial charge in [-0.2, -0.15) is 0 Å². The Kier molecular flexibility index (Phi) is 7.21. The van der Waals surface area contributed by atoms with Crippen molar-refractivity contribution in [2.24, 2.45) is 0 Å². The number of carbonyl (C=O) groups is 1. The molecule has 30 heavy (non-hydrogen) atoms. The van der Waals surface area contributed by atoms with Crippen LogP contribution in [-0.2, 0) is 16.1 Å². The molecular weight excluding hydrogens is 407 g/mol. The van der Waals surface area contributed by atoms with Crippen LogP contribution in [-0.4, -0.2) is 37.3 Å². The highest BCUT2D eigenvalue weighted by molar-refractivity contribution is 6.32. The molecule has 1 N–H and O–H groups in total. The average Bonchev–Trinajstić information content (AvgIpc) is 2.68. The molecule has 1 aliphatic rings. The Balaban J connectivity index is 1.58. The first-order valence-electron chi connectivity index (χ1n) is 10.1. The van der Waals surface area contributed by atoms with Gasteiger partial charge in [-0.1, -0.05) is 23.7 Å². The van der Waals surface area contributed by atoms with Gasteiger partial charge in [0.15, 0.2) is 6.10 Å². The maximum atomic E-state index is 14.7. The van der Waals surface area contributed by atoms with Gasteiger partial charge in [0.1, 0.15) is 11.6 Å². The number of anilines is 1. The lowest BCUT2D eigenvalue weighted by Crippen LogP contribution is -2.45. The first-order valence-corrected chi connectivity index (χ1v) is 10.5. The van der Waals surface area contributed by atoms with E-state index >= 15 is 0 Å². The largest absolute Gasteiger partial charge is 0.479 e. The van der Waals surface area contributed by atoms with Crippen LogP contribution in [0.3, 0.4) is 0 Å². The van der Waals surface area contributed by atoms with Crippen molar-refractivity contribution < 1.29 is 18.7 Å². The summed E-state index contributed by atoms with van der Waals surface area (Å²) in [7, 11) is 0. The smallest absolute Gasteiger partial charge is 0.261 e. The predicted octanol–water partition coefficient (Wildman–Crippen LogP) is 4.48. The molecule has 7 heteroatoms. The summed E-state index contributed by atoms with van der Waals surface area (Å²) in [6.45, 7) is 9.04. The first-order chi connectivity index (χ1) is 14.2. The molecule has 1 fully saturated rings. The summed E-state index contributed by atoms with van der Waals surface area (Å²) in [5, 5.41) is 3.23. The zero-order valence-electron chi connectivity index (χ0n) is 17.7. The lowest BCUT2D eigenvalue weighted by atomic mass is 10.1. The molecule has 1 amide bonds. The van der Waals surface area contributed by atoms with Crippen LogP contribution in [0.5, 0.6) is 5.75 Å². The molecule has 0 saturated carbocycles. The van der Waals surface area contributed by atoms with Crippen LogP contribution in [0.25, 0.3) is 0 Å². The number of amides is 1. The number of hydrogen-bond acceptors (Lipinski definition) is 4. The van der Waals surface area contributed by atoms with Gasteiger partial charge in [0.05, 0.1) is 22.9 Å². The summed E-state index contributed by atoms with van der Waals surface area (Å²) in [5.74, 6) is -0.143. The minimum Gasteiger partial charge on any atom is -0.479 e. The highest BCUT2D eigenvalue weighted by atomic mass is 35.5. The molecule has 1 heterocycles. The van der Waals surface area contributed by atoms with Gasteiger partial charge in [0, 0.05) is 19.6 Å². The highest BCUT2D eigenvalue weighted by Gasteiger charge is 2.24. The van der Waals surface area contributed by atoms with E-state index in [1.165, 1.54) is 6.07 Å². The Morgan fingerprint density at radius 3 is 2.63 bits per heavy atom. The third-order valence-corrected chi connectivity index (χ3v) is 5.31. The number of rotatable bonds is 6. The van der Waals surface area contributed by atoms with Crippen LogP contribution in [0, 0.1) is 12.7 Å². The van der Waals surface area contributed by atoms with Gasteiger partial charge in [-0.05, 0) is 63.1 Å². The van der Waals surface area contributed by atoms with E-state index in [9.17, 15) is 9.18 Å². The molecule has 1 saturated heterocycles. The number of carbonyl (C=O) groups excluding carboxylic acids is 1. The van der Waals surface area contributed by atoms with E-state index in [2.05, 4.69) is 5.32 Å². The number of aryl methyl sites for hydroxylation is 1. The molecule has 3 unspecified atom stereocenters. The molecule has 0 spiro atoms. The standard InChI is InChI=1S/C23H28ClFN2O3/c1-14-5-7-19(24)22(9-14)30-17(4)23(28)26-11-18-6-8-21(20(25)10-18)27-12-15(2)29-16(3)13-27/h5-10,15-17H,11-13H2,1-4H3,(H,26,28). The summed E-state index contributed by atoms with van der Waals surface area (Å²) in [6, 6.07) is 10.4. The van der Waals surface area contributed by atoms with Crippen molar-refractivity contribution in [2.45, 2.75) is 52.6 Å². The zero-order chi connectivity index (χ0) is 21.8. The van der Waals surface area contributed by atoms with Crippen molar-refractivity contribution in [1.82, 2.24) is 5.32 Å². The molecule has 0 radical (unpaired) electrons. The lowest BCUT2D eigenvalue weighted by molar-refractivity contribution is -0.127. The maximum absolute atomic E-state index is 14.7. The molecular formula is C23H28ClFN2O3. The summed E-state index contributed by atoms with van der Waals surface area (Å²) in [5.41, 5.74) is 2.22. The van der Waals surface area contributed by atoms with E-state index < -0.39 is 6.10 Å². The van der Waals surface area contributed by atoms with Gasteiger partial charge < -0.3 is 19.7 Å². The van der Waals surface area contributed by atoms with Gasteiger partial charge in [0.25, 0.3) is 5.91 Å². The van der Waals surface area contributed by atoms with Crippen molar-refractivity contribution in [1.29, 1.82) is 0 Å². The summed E-state index contributed by atoms with van der Waals surface area (Å²) >= 11 is 6.12. The molecule has 0 bridgehead atoms. The minimum absolute atomic E-state index is 0.0514. The van der Waals surface area contributed by atoms with E-state index in [1.807, 2.05) is 37.8 Å². The number of benzene rings is 2. The van der Waals surface area contributed by atoms with Crippen molar-refractivity contribution in [2.75, 3.05) is 18.0 Å². The molecule has 0 aliphatic carbocycles. The average molecular weight is 435 g/mol. The maximum Gasteiger partial charge on any atom is 0.261 e. The quantitative estimate of drug-likeness (QED) is 0.728. The van der Waals surface area contributed by atoms with Gasteiger partial charge in [-0.25, -0.2) is 4.39 Å². The van der Waals surface area contributed by atoms with Gasteiger partial charge >= 0.3 is 0 Å². The summed E-state index contributed by atoms with van der Waals surface area (Å²) in [4.78, 5) is 14.4. The molecule has 3 rings (SSSR count). The second-order valence-corrected chi connectivity index (χ2v) is 8.27. The second kappa shape index (κ2) is 9.67. The summed E-state index contributed by atoms with van der Waals surface area (Å²) < 4.78 is 26.1. The number of morpholine rings is 1. The number of hydrogen-bond donors (Lipinski definition) is 1. The van der Waals surface area contributed by atoms with Crippen molar-refractivity contribution in [3.05, 3.63) is 58.4 Å². The number of halogens is 2. The van der Waals surface area contributed by atoms with E-state index in [0.29, 0.717) is 35.1 Å². The Labute approximate surface area is 182 Å². The molecule has 3 atom stereocenters. The normalized spacial score (nSPS) is 20.0. The summed E-state index contributed by atoms with van der Waals surface area (Å²) in [6.07, 6.45) is -0.629. The Bertz CT molecular complexity index is 898. The molecule has 162 valence electrons. The van der Waals surface area contributed by atoms with E-state index in [1.54, 1.807) is 25.1 Å². The van der Waals surface area contributed by atoms with E-state index in [-0.39, 0.29) is 30.5 Å². The third kappa shape index (κ3) is 5.64. The van der Waals surface area contributed by atoms with Crippen molar-refractivity contribution >= 4 is 23.2 Å². The number of nitrogens with one attached hydrogen (secondary N) is 1. The minimum atomic E-state index is -0.732. The van der Waals surface area contributed by atoms with Crippen LogP contribution in [0.2, 0.25) is 5.02 Å². The van der Waals surface area contributed by atoms with Crippen LogP contribution in [0.4, 0.5) is 10.1 Å². The Hall–Kier alpha value is -2.31. The third-order valence-electron chi connectivity index (χ3n) is 5.00. The molecule has 5 nitrogen and oxygen atoms in total. The monoisotopic (exact) mass is 434 g/mol. The SMILES string of the molecule is Cc1ccc(Cl)c(OC(C)C(=O)NCc2ccc(N3CC(C)OC(C)C3)c(F)c2)c1. The fraction of sp³-hybridized carbons (Fsp3) is 0.435. The number of ether oxygens (including phenoxy) is 2. The molecule has 2 aromatic rings. The van der Waals surface area contributed by atoms with Crippen molar-refractivity contribution in [3.8, 4) is 5.75 Å². The van der Waals surface area contributed by atoms with Gasteiger partial charge in [0.2, 0.25) is 0 Å². The predicted molar refractivity (Wildman–Crippen MR) is 117 cm³/mol. The van der Waals surface area contributed by atoms with E-state index in [0.717, 1.165) is 5.56 Å². The fourth-order valence-electron chi connectivity index (χ4n) is 3.57. The fourth-order valence-corrected chi connectivity index (χ4v) is 3.73. The van der Waals surface area contributed by atoms with Crippen LogP contribution in [0.15, 0.2) is 36.4 Å². The van der Waals surface area contributed by atoms with Crippen molar-refractivity contribution in [3.63, 3.8) is 0 Å². The topological polar surface area (TPSA) is 50.8 Å². The first kappa shape index (κ1) is 22.4. The Morgan fingerprint density at radius 2 is 1.97 bits per heavy atom. The van der Waals surface area contributed by atoms with Crippen LogP contribution in [0.1, 0.15) is 31.9 Å². The number of nitrogens with zero attached hydrogens (tertiary/aromatic N) is 1. The lowest BCUT2D eigenvalue weighted by Gasteiger charge is -2.37. The van der Waals surface area contributed by atoms with E-state index in [4.69, 9.17) is 21.1 Å². The molecule has 2 aromatic carbocycles. The molecule has 1 aliphatic heterocycles. The highest BCUT2D eigenvalue weighted by Crippen LogP contribution is 2.27. The zero-order valence-corrected chi connectivity index (χ0v) is 18.5. The molecule has 0 aromatic heterocycles. The van der Waals surface area contributed by atoms with Gasteiger partial charge in [-0.15, -0.1) is 0 Å². The second-order valence-electron chi connectivity index (χ2n) is 7.86.